The van der Waals surface area contributed by atoms with Crippen molar-refractivity contribution in [3.63, 3.8) is 0 Å². The topological polar surface area (TPSA) is 29.1 Å². The van der Waals surface area contributed by atoms with Gasteiger partial charge in [0, 0.05) is 11.1 Å². The second kappa shape index (κ2) is 2.84. The molecule has 1 heterocycles. The first kappa shape index (κ1) is 10.2. The Kier molecular flexibility index (Phi) is 1.94. The fourth-order valence-corrected chi connectivity index (χ4v) is 2.04. The standard InChI is InChI=1S/C13H17NO/c1-12(2)9-7-5-6-8-10(9)14-11(15)13(12,3)4/h5-8H,1-4H3,(H,14,15). The average molecular weight is 203 g/mol. The summed E-state index contributed by atoms with van der Waals surface area (Å²) in [4.78, 5) is 12.0. The molecule has 1 N–H and O–H groups in total. The Morgan fingerprint density at radius 3 is 2.27 bits per heavy atom. The molecule has 2 heteroatoms. The van der Waals surface area contributed by atoms with Crippen molar-refractivity contribution in [3.8, 4) is 0 Å². The Labute approximate surface area is 90.7 Å². The zero-order valence-corrected chi connectivity index (χ0v) is 9.72. The maximum Gasteiger partial charge on any atom is 0.230 e. The Morgan fingerprint density at radius 2 is 1.60 bits per heavy atom. The van der Waals surface area contributed by atoms with Crippen LogP contribution in [0.1, 0.15) is 33.3 Å². The third kappa shape index (κ3) is 1.21. The summed E-state index contributed by atoms with van der Waals surface area (Å²) in [6.07, 6.45) is 0. The number of benzene rings is 1. The molecule has 0 bridgehead atoms. The summed E-state index contributed by atoms with van der Waals surface area (Å²) in [7, 11) is 0. The highest BCUT2D eigenvalue weighted by Crippen LogP contribution is 2.47. The van der Waals surface area contributed by atoms with Crippen molar-refractivity contribution in [2.24, 2.45) is 5.41 Å². The molecular formula is C13H17NO. The third-order valence-electron chi connectivity index (χ3n) is 3.98. The van der Waals surface area contributed by atoms with Gasteiger partial charge in [0.1, 0.15) is 0 Å². The Balaban J connectivity index is 2.66. The number of fused-ring (bicyclic) bond motifs is 1. The van der Waals surface area contributed by atoms with Crippen LogP contribution in [0.15, 0.2) is 24.3 Å². The normalized spacial score (nSPS) is 21.7. The number of nitrogens with one attached hydrogen (secondary N) is 1. The van der Waals surface area contributed by atoms with Gasteiger partial charge >= 0.3 is 0 Å². The van der Waals surface area contributed by atoms with E-state index >= 15 is 0 Å². The van der Waals surface area contributed by atoms with Crippen molar-refractivity contribution in [3.05, 3.63) is 29.8 Å². The third-order valence-corrected chi connectivity index (χ3v) is 3.98. The number of hydrogen-bond acceptors (Lipinski definition) is 1. The molecule has 2 rings (SSSR count). The van der Waals surface area contributed by atoms with Gasteiger partial charge in [0.15, 0.2) is 0 Å². The maximum absolute atomic E-state index is 12.0. The van der Waals surface area contributed by atoms with Crippen LogP contribution in [-0.4, -0.2) is 5.91 Å². The first-order chi connectivity index (χ1) is 6.87. The molecule has 1 aliphatic heterocycles. The number of amides is 1. The van der Waals surface area contributed by atoms with Gasteiger partial charge in [0.2, 0.25) is 5.91 Å². The molecule has 0 saturated carbocycles. The van der Waals surface area contributed by atoms with Gasteiger partial charge in [-0.05, 0) is 11.6 Å². The summed E-state index contributed by atoms with van der Waals surface area (Å²) in [6, 6.07) is 8.03. The predicted octanol–water partition coefficient (Wildman–Crippen LogP) is 2.94. The van der Waals surface area contributed by atoms with E-state index in [2.05, 4.69) is 25.2 Å². The Bertz CT molecular complexity index is 418. The van der Waals surface area contributed by atoms with Gasteiger partial charge in [-0.25, -0.2) is 0 Å². The lowest BCUT2D eigenvalue weighted by Gasteiger charge is -2.45. The molecule has 2 nitrogen and oxygen atoms in total. The average Bonchev–Trinajstić information content (AvgIpc) is 2.16. The van der Waals surface area contributed by atoms with E-state index in [-0.39, 0.29) is 16.7 Å². The van der Waals surface area contributed by atoms with Crippen LogP contribution in [0.4, 0.5) is 5.69 Å². The van der Waals surface area contributed by atoms with Gasteiger partial charge in [-0.2, -0.15) is 0 Å². The van der Waals surface area contributed by atoms with Crippen LogP contribution in [0.3, 0.4) is 0 Å². The molecule has 0 aliphatic carbocycles. The Morgan fingerprint density at radius 1 is 1.00 bits per heavy atom. The molecule has 0 fully saturated rings. The van der Waals surface area contributed by atoms with E-state index in [4.69, 9.17) is 0 Å². The van der Waals surface area contributed by atoms with Crippen molar-refractivity contribution in [1.29, 1.82) is 0 Å². The predicted molar refractivity (Wildman–Crippen MR) is 61.9 cm³/mol. The first-order valence-corrected chi connectivity index (χ1v) is 5.28. The number of para-hydroxylation sites is 1. The lowest BCUT2D eigenvalue weighted by molar-refractivity contribution is -0.127. The van der Waals surface area contributed by atoms with Gasteiger partial charge in [-0.1, -0.05) is 45.9 Å². The summed E-state index contributed by atoms with van der Waals surface area (Å²) < 4.78 is 0. The van der Waals surface area contributed by atoms with Gasteiger partial charge in [0.05, 0.1) is 5.41 Å². The van der Waals surface area contributed by atoms with E-state index < -0.39 is 0 Å². The van der Waals surface area contributed by atoms with Crippen LogP contribution in [0, 0.1) is 5.41 Å². The molecule has 1 aromatic rings. The minimum absolute atomic E-state index is 0.103. The number of hydrogen-bond donors (Lipinski definition) is 1. The fourth-order valence-electron chi connectivity index (χ4n) is 2.04. The highest BCUT2D eigenvalue weighted by atomic mass is 16.2. The van der Waals surface area contributed by atoms with E-state index in [0.717, 1.165) is 5.69 Å². The molecule has 15 heavy (non-hydrogen) atoms. The molecule has 1 amide bonds. The number of anilines is 1. The lowest BCUT2D eigenvalue weighted by Crippen LogP contribution is -2.49. The van der Waals surface area contributed by atoms with Crippen molar-refractivity contribution >= 4 is 11.6 Å². The summed E-state index contributed by atoms with van der Waals surface area (Å²) in [5.74, 6) is 0.103. The largest absolute Gasteiger partial charge is 0.325 e. The summed E-state index contributed by atoms with van der Waals surface area (Å²) >= 11 is 0. The molecule has 0 atom stereocenters. The molecule has 0 spiro atoms. The lowest BCUT2D eigenvalue weighted by atomic mass is 9.61. The van der Waals surface area contributed by atoms with Crippen molar-refractivity contribution in [2.75, 3.05) is 5.32 Å². The molecule has 0 radical (unpaired) electrons. The number of carbonyl (C=O) groups is 1. The van der Waals surface area contributed by atoms with E-state index in [9.17, 15) is 4.79 Å². The number of rotatable bonds is 0. The molecule has 0 unspecified atom stereocenters. The van der Waals surface area contributed by atoms with Gasteiger partial charge in [-0.15, -0.1) is 0 Å². The maximum atomic E-state index is 12.0. The highest BCUT2D eigenvalue weighted by Gasteiger charge is 2.48. The van der Waals surface area contributed by atoms with Crippen molar-refractivity contribution in [1.82, 2.24) is 0 Å². The number of carbonyl (C=O) groups excluding carboxylic acids is 1. The molecule has 1 aromatic carbocycles. The minimum Gasteiger partial charge on any atom is -0.325 e. The van der Waals surface area contributed by atoms with Crippen LogP contribution in [0.2, 0.25) is 0 Å². The summed E-state index contributed by atoms with van der Waals surface area (Å²) in [5.41, 5.74) is 1.66. The van der Waals surface area contributed by atoms with Gasteiger partial charge < -0.3 is 5.32 Å². The van der Waals surface area contributed by atoms with E-state index in [0.29, 0.717) is 0 Å². The summed E-state index contributed by atoms with van der Waals surface area (Å²) in [5, 5.41) is 2.97. The second-order valence-electron chi connectivity index (χ2n) is 5.25. The summed E-state index contributed by atoms with van der Waals surface area (Å²) in [6.45, 7) is 8.26. The first-order valence-electron chi connectivity index (χ1n) is 5.28. The van der Waals surface area contributed by atoms with Crippen molar-refractivity contribution in [2.45, 2.75) is 33.1 Å². The molecule has 0 saturated heterocycles. The van der Waals surface area contributed by atoms with Crippen LogP contribution < -0.4 is 5.32 Å². The quantitative estimate of drug-likeness (QED) is 0.690. The van der Waals surface area contributed by atoms with Crippen LogP contribution in [-0.2, 0) is 10.2 Å². The fraction of sp³-hybridized carbons (Fsp3) is 0.462. The molecule has 80 valence electrons. The van der Waals surface area contributed by atoms with Crippen LogP contribution in [0.25, 0.3) is 0 Å². The van der Waals surface area contributed by atoms with E-state index in [1.54, 1.807) is 0 Å². The van der Waals surface area contributed by atoms with Crippen molar-refractivity contribution < 1.29 is 4.79 Å². The van der Waals surface area contributed by atoms with Gasteiger partial charge in [-0.3, -0.25) is 4.79 Å². The monoisotopic (exact) mass is 203 g/mol. The van der Waals surface area contributed by atoms with Crippen LogP contribution >= 0.6 is 0 Å². The van der Waals surface area contributed by atoms with Gasteiger partial charge in [0.25, 0.3) is 0 Å². The Hall–Kier alpha value is -1.31. The van der Waals surface area contributed by atoms with E-state index in [1.807, 2.05) is 32.0 Å². The van der Waals surface area contributed by atoms with E-state index in [1.165, 1.54) is 5.56 Å². The molecular weight excluding hydrogens is 186 g/mol. The molecule has 0 aromatic heterocycles. The molecule has 1 aliphatic rings. The second-order valence-corrected chi connectivity index (χ2v) is 5.25. The SMILES string of the molecule is CC1(C)C(=O)Nc2ccccc2C1(C)C. The zero-order chi connectivity index (χ0) is 11.3. The van der Waals surface area contributed by atoms with Crippen LogP contribution in [0.5, 0.6) is 0 Å². The highest BCUT2D eigenvalue weighted by molar-refractivity contribution is 5.99. The smallest absolute Gasteiger partial charge is 0.230 e. The minimum atomic E-state index is -0.374. The zero-order valence-electron chi connectivity index (χ0n) is 9.72.